The summed E-state index contributed by atoms with van der Waals surface area (Å²) in [6.07, 6.45) is 3.11. The number of allylic oxidation sites excluding steroid dienone is 1. The van der Waals surface area contributed by atoms with Crippen LogP contribution in [0.3, 0.4) is 0 Å². The number of amides is 1. The van der Waals surface area contributed by atoms with Gasteiger partial charge < -0.3 is 21.9 Å². The Bertz CT molecular complexity index is 1170. The highest BCUT2D eigenvalue weighted by Gasteiger charge is 2.12. The Hall–Kier alpha value is -3.56. The number of nitrogen functional groups attached to an aromatic ring is 2. The van der Waals surface area contributed by atoms with Gasteiger partial charge in [0.05, 0.1) is 11.4 Å². The van der Waals surface area contributed by atoms with Crippen LogP contribution in [0.4, 0.5) is 17.1 Å². The summed E-state index contributed by atoms with van der Waals surface area (Å²) in [5, 5.41) is 14.1. The van der Waals surface area contributed by atoms with E-state index in [0.29, 0.717) is 16.8 Å². The number of anilines is 3. The van der Waals surface area contributed by atoms with Crippen LogP contribution >= 0.6 is 0 Å². The maximum Gasteiger partial charge on any atom is 0.296 e. The molecule has 0 radical (unpaired) electrons. The summed E-state index contributed by atoms with van der Waals surface area (Å²) in [4.78, 5) is 11.2. The Balaban J connectivity index is 0.000000221. The monoisotopic (exact) mass is 415 g/mol. The Morgan fingerprint density at radius 3 is 2.31 bits per heavy atom. The van der Waals surface area contributed by atoms with E-state index in [1.165, 1.54) is 18.2 Å². The number of fused-ring (bicyclic) bond motifs is 1. The molecule has 29 heavy (non-hydrogen) atoms. The Morgan fingerprint density at radius 2 is 1.72 bits per heavy atom. The molecule has 0 aromatic heterocycles. The number of carbonyl (C=O) groups is 1. The predicted molar refractivity (Wildman–Crippen MR) is 114 cm³/mol. The first-order valence-electron chi connectivity index (χ1n) is 8.40. The molecule has 0 saturated carbocycles. The van der Waals surface area contributed by atoms with Crippen molar-refractivity contribution in [2.75, 3.05) is 16.8 Å². The molecule has 8 nitrogen and oxygen atoms in total. The number of phenolic OH excluding ortho intramolecular Hbond substituents is 1. The van der Waals surface area contributed by atoms with Crippen molar-refractivity contribution in [3.05, 3.63) is 66.7 Å². The van der Waals surface area contributed by atoms with Crippen molar-refractivity contribution >= 4 is 43.9 Å². The van der Waals surface area contributed by atoms with Crippen molar-refractivity contribution in [1.29, 1.82) is 0 Å². The lowest BCUT2D eigenvalue weighted by atomic mass is 10.1. The number of aromatic hydroxyl groups is 1. The van der Waals surface area contributed by atoms with Gasteiger partial charge in [0.2, 0.25) is 5.91 Å². The van der Waals surface area contributed by atoms with Gasteiger partial charge in [-0.25, -0.2) is 0 Å². The molecule has 0 saturated heterocycles. The minimum absolute atomic E-state index is 0.0579. The second-order valence-corrected chi connectivity index (χ2v) is 7.33. The third kappa shape index (κ3) is 5.71. The number of carbonyl (C=O) groups excluding carboxylic acids is 1. The van der Waals surface area contributed by atoms with E-state index in [4.69, 9.17) is 16.0 Å². The Labute approximate surface area is 168 Å². The molecule has 152 valence electrons. The van der Waals surface area contributed by atoms with Gasteiger partial charge >= 0.3 is 0 Å². The number of nitrogens with one attached hydrogen (secondary N) is 1. The largest absolute Gasteiger partial charge is 0.507 e. The Morgan fingerprint density at radius 1 is 1.07 bits per heavy atom. The van der Waals surface area contributed by atoms with Crippen LogP contribution in [0.2, 0.25) is 0 Å². The van der Waals surface area contributed by atoms with E-state index < -0.39 is 10.1 Å². The second-order valence-electron chi connectivity index (χ2n) is 5.94. The number of hydrogen-bond acceptors (Lipinski definition) is 6. The molecule has 0 atom stereocenters. The van der Waals surface area contributed by atoms with Gasteiger partial charge in [-0.3, -0.25) is 9.35 Å². The van der Waals surface area contributed by atoms with Gasteiger partial charge in [0.15, 0.2) is 0 Å². The lowest BCUT2D eigenvalue weighted by molar-refractivity contribution is -0.111. The van der Waals surface area contributed by atoms with E-state index in [1.54, 1.807) is 31.2 Å². The van der Waals surface area contributed by atoms with Gasteiger partial charge in [-0.2, -0.15) is 8.42 Å². The summed E-state index contributed by atoms with van der Waals surface area (Å²) >= 11 is 0. The van der Waals surface area contributed by atoms with Crippen molar-refractivity contribution in [3.63, 3.8) is 0 Å². The zero-order valence-corrected chi connectivity index (χ0v) is 16.3. The van der Waals surface area contributed by atoms with E-state index >= 15 is 0 Å². The molecule has 0 fully saturated rings. The van der Waals surface area contributed by atoms with Gasteiger partial charge in [-0.1, -0.05) is 30.3 Å². The van der Waals surface area contributed by atoms with Crippen LogP contribution in [-0.4, -0.2) is 24.0 Å². The van der Waals surface area contributed by atoms with Crippen LogP contribution in [0.5, 0.6) is 5.75 Å². The third-order valence-electron chi connectivity index (χ3n) is 3.77. The molecule has 0 aliphatic carbocycles. The van der Waals surface area contributed by atoms with Gasteiger partial charge in [-0.15, -0.1) is 0 Å². The maximum atomic E-state index is 11.5. The van der Waals surface area contributed by atoms with Crippen LogP contribution < -0.4 is 16.8 Å². The molecule has 0 unspecified atom stereocenters. The van der Waals surface area contributed by atoms with E-state index in [0.717, 1.165) is 11.5 Å². The smallest absolute Gasteiger partial charge is 0.296 e. The van der Waals surface area contributed by atoms with Gasteiger partial charge in [-0.05, 0) is 48.7 Å². The molecule has 0 heterocycles. The molecule has 0 bridgehead atoms. The predicted octanol–water partition coefficient (Wildman–Crippen LogP) is 3.16. The molecule has 3 aromatic carbocycles. The highest BCUT2D eigenvalue weighted by atomic mass is 32.2. The molecular formula is C20H21N3O5S. The average Bonchev–Trinajstić information content (AvgIpc) is 2.61. The number of rotatable bonds is 3. The van der Waals surface area contributed by atoms with Crippen molar-refractivity contribution in [1.82, 2.24) is 0 Å². The van der Waals surface area contributed by atoms with Crippen molar-refractivity contribution in [3.8, 4) is 5.75 Å². The normalized spacial score (nSPS) is 11.1. The van der Waals surface area contributed by atoms with E-state index in [1.807, 2.05) is 18.2 Å². The van der Waals surface area contributed by atoms with Gasteiger partial charge in [0, 0.05) is 11.1 Å². The quantitative estimate of drug-likeness (QED) is 0.250. The Kier molecular flexibility index (Phi) is 6.81. The fraction of sp³-hybridized carbons (Fsp3) is 0.0500. The van der Waals surface area contributed by atoms with Crippen LogP contribution in [0.1, 0.15) is 6.92 Å². The standard InChI is InChI=1S/C14H13NO2.C6H8N2O3S/c1-2-5-13(17)15-11-8-3-6-10-7-4-9-12(16)14(10)11;7-4-1-2-6(5(8)3-4)12(9,10)11/h2-9,16H,1H3,(H,15,17);1-3H,7-8H2,(H,9,10,11). The SMILES string of the molecule is CC=CC(=O)Nc1cccc2cccc(O)c12.Nc1ccc(S(=O)(=O)O)c(N)c1. The number of hydrogen-bond donors (Lipinski definition) is 5. The molecule has 3 aromatic rings. The molecule has 1 amide bonds. The summed E-state index contributed by atoms with van der Waals surface area (Å²) in [6.45, 7) is 1.78. The topological polar surface area (TPSA) is 156 Å². The lowest BCUT2D eigenvalue weighted by Crippen LogP contribution is -2.07. The fourth-order valence-electron chi connectivity index (χ4n) is 2.55. The van der Waals surface area contributed by atoms with Crippen LogP contribution in [0.25, 0.3) is 10.8 Å². The van der Waals surface area contributed by atoms with Crippen LogP contribution in [-0.2, 0) is 14.9 Å². The van der Waals surface area contributed by atoms with Crippen molar-refractivity contribution in [2.24, 2.45) is 0 Å². The zero-order chi connectivity index (χ0) is 21.6. The first kappa shape index (κ1) is 21.7. The highest BCUT2D eigenvalue weighted by molar-refractivity contribution is 7.86. The summed E-state index contributed by atoms with van der Waals surface area (Å²) in [5.41, 5.74) is 11.5. The first-order valence-corrected chi connectivity index (χ1v) is 9.84. The highest BCUT2D eigenvalue weighted by Crippen LogP contribution is 2.31. The summed E-state index contributed by atoms with van der Waals surface area (Å²) in [6, 6.07) is 14.5. The molecule has 7 N–H and O–H groups in total. The number of phenols is 1. The summed E-state index contributed by atoms with van der Waals surface area (Å²) < 4.78 is 29.8. The van der Waals surface area contributed by atoms with Crippen LogP contribution in [0.15, 0.2) is 71.6 Å². The van der Waals surface area contributed by atoms with Gasteiger partial charge in [0.25, 0.3) is 10.1 Å². The fourth-order valence-corrected chi connectivity index (χ4v) is 3.15. The average molecular weight is 415 g/mol. The van der Waals surface area contributed by atoms with Crippen molar-refractivity contribution < 1.29 is 22.9 Å². The molecule has 0 aliphatic rings. The third-order valence-corrected chi connectivity index (χ3v) is 4.70. The summed E-state index contributed by atoms with van der Waals surface area (Å²) in [7, 11) is -4.23. The summed E-state index contributed by atoms with van der Waals surface area (Å²) in [5.74, 6) is -0.0397. The minimum Gasteiger partial charge on any atom is -0.507 e. The molecular weight excluding hydrogens is 394 g/mol. The van der Waals surface area contributed by atoms with Gasteiger partial charge in [0.1, 0.15) is 10.6 Å². The minimum atomic E-state index is -4.23. The molecule has 0 aliphatic heterocycles. The number of benzene rings is 3. The molecule has 0 spiro atoms. The van der Waals surface area contributed by atoms with E-state index in [-0.39, 0.29) is 22.2 Å². The zero-order valence-electron chi connectivity index (χ0n) is 15.5. The van der Waals surface area contributed by atoms with E-state index in [9.17, 15) is 18.3 Å². The maximum absolute atomic E-state index is 11.5. The second kappa shape index (κ2) is 9.09. The molecule has 9 heteroatoms. The van der Waals surface area contributed by atoms with Crippen LogP contribution in [0, 0.1) is 0 Å². The molecule has 3 rings (SSSR count). The first-order chi connectivity index (χ1) is 13.6. The lowest BCUT2D eigenvalue weighted by Gasteiger charge is -2.08. The van der Waals surface area contributed by atoms with E-state index in [2.05, 4.69) is 5.32 Å². The number of nitrogens with two attached hydrogens (primary N) is 2. The van der Waals surface area contributed by atoms with Crippen molar-refractivity contribution in [2.45, 2.75) is 11.8 Å².